The maximum atomic E-state index is 12.4. The number of hydrogen-bond donors (Lipinski definition) is 0. The van der Waals surface area contributed by atoms with Crippen molar-refractivity contribution in [2.45, 2.75) is 17.7 Å². The normalized spacial score (nSPS) is 19.1. The van der Waals surface area contributed by atoms with E-state index in [1.54, 1.807) is 0 Å². The van der Waals surface area contributed by atoms with E-state index in [1.165, 1.54) is 0 Å². The number of nitrogens with zero attached hydrogens (tertiary/aromatic N) is 1. The average molecular weight is 330 g/mol. The van der Waals surface area contributed by atoms with Crippen LogP contribution in [-0.4, -0.2) is 17.3 Å². The Labute approximate surface area is 127 Å². The van der Waals surface area contributed by atoms with Crippen molar-refractivity contribution >= 4 is 27.5 Å². The standard InChI is InChI=1S/C17H16BrNO/c18-15-10-6-12-19(17(15)20)16-11-5-4-9-14(16)13-7-2-1-3-8-13/h1-5,7-9,11,15H,6,10,12H2. The second-order valence-electron chi connectivity index (χ2n) is 4.98. The van der Waals surface area contributed by atoms with Gasteiger partial charge in [0.05, 0.1) is 10.5 Å². The molecule has 1 amide bonds. The Bertz CT molecular complexity index is 611. The third-order valence-corrected chi connectivity index (χ3v) is 4.50. The summed E-state index contributed by atoms with van der Waals surface area (Å²) in [6, 6.07) is 18.3. The first-order valence-corrected chi connectivity index (χ1v) is 7.79. The zero-order valence-electron chi connectivity index (χ0n) is 11.1. The van der Waals surface area contributed by atoms with E-state index >= 15 is 0 Å². The first-order chi connectivity index (χ1) is 9.77. The van der Waals surface area contributed by atoms with Gasteiger partial charge in [0.1, 0.15) is 0 Å². The topological polar surface area (TPSA) is 20.3 Å². The number of alkyl halides is 1. The number of para-hydroxylation sites is 1. The molecular formula is C17H16BrNO. The second-order valence-corrected chi connectivity index (χ2v) is 6.09. The highest BCUT2D eigenvalue weighted by molar-refractivity contribution is 9.10. The van der Waals surface area contributed by atoms with E-state index in [1.807, 2.05) is 41.3 Å². The van der Waals surface area contributed by atoms with Gasteiger partial charge in [-0.15, -0.1) is 0 Å². The van der Waals surface area contributed by atoms with Crippen LogP contribution in [0.25, 0.3) is 11.1 Å². The number of piperidine rings is 1. The van der Waals surface area contributed by atoms with Crippen LogP contribution >= 0.6 is 15.9 Å². The van der Waals surface area contributed by atoms with Crippen molar-refractivity contribution in [3.05, 3.63) is 54.6 Å². The Balaban J connectivity index is 2.04. The molecule has 2 aromatic carbocycles. The molecule has 0 spiro atoms. The molecule has 1 unspecified atom stereocenters. The fourth-order valence-electron chi connectivity index (χ4n) is 2.64. The highest BCUT2D eigenvalue weighted by atomic mass is 79.9. The van der Waals surface area contributed by atoms with E-state index in [0.717, 1.165) is 36.2 Å². The molecule has 2 aromatic rings. The van der Waals surface area contributed by atoms with Gasteiger partial charge in [-0.3, -0.25) is 4.79 Å². The van der Waals surface area contributed by atoms with Crippen molar-refractivity contribution in [3.63, 3.8) is 0 Å². The number of anilines is 1. The van der Waals surface area contributed by atoms with Crippen molar-refractivity contribution in [1.29, 1.82) is 0 Å². The lowest BCUT2D eigenvalue weighted by atomic mass is 10.0. The van der Waals surface area contributed by atoms with Crippen LogP contribution in [0, 0.1) is 0 Å². The largest absolute Gasteiger partial charge is 0.311 e. The van der Waals surface area contributed by atoms with Gasteiger partial charge in [0.15, 0.2) is 0 Å². The number of amides is 1. The van der Waals surface area contributed by atoms with E-state index in [4.69, 9.17) is 0 Å². The lowest BCUT2D eigenvalue weighted by Gasteiger charge is -2.31. The fraction of sp³-hybridized carbons (Fsp3) is 0.235. The molecule has 1 atom stereocenters. The Morgan fingerprint density at radius 1 is 1.00 bits per heavy atom. The molecule has 3 rings (SSSR count). The van der Waals surface area contributed by atoms with Gasteiger partial charge in [-0.05, 0) is 24.5 Å². The Morgan fingerprint density at radius 3 is 2.50 bits per heavy atom. The average Bonchev–Trinajstić information content (AvgIpc) is 2.51. The summed E-state index contributed by atoms with van der Waals surface area (Å²) in [7, 11) is 0. The van der Waals surface area contributed by atoms with Gasteiger partial charge in [-0.25, -0.2) is 0 Å². The number of benzene rings is 2. The lowest BCUT2D eigenvalue weighted by molar-refractivity contribution is -0.118. The van der Waals surface area contributed by atoms with Gasteiger partial charge in [0.25, 0.3) is 0 Å². The van der Waals surface area contributed by atoms with Crippen molar-refractivity contribution < 1.29 is 4.79 Å². The number of carbonyl (C=O) groups excluding carboxylic acids is 1. The molecule has 1 heterocycles. The molecule has 1 aliphatic heterocycles. The van der Waals surface area contributed by atoms with E-state index in [0.29, 0.717) is 0 Å². The van der Waals surface area contributed by atoms with Crippen molar-refractivity contribution in [3.8, 4) is 11.1 Å². The van der Waals surface area contributed by atoms with E-state index in [2.05, 4.69) is 34.1 Å². The fourth-order valence-corrected chi connectivity index (χ4v) is 3.21. The van der Waals surface area contributed by atoms with Crippen LogP contribution in [0.15, 0.2) is 54.6 Å². The smallest absolute Gasteiger partial charge is 0.240 e. The molecule has 3 heteroatoms. The molecule has 1 fully saturated rings. The summed E-state index contributed by atoms with van der Waals surface area (Å²) in [5.41, 5.74) is 3.27. The molecule has 1 saturated heterocycles. The molecule has 0 saturated carbocycles. The van der Waals surface area contributed by atoms with Gasteiger partial charge < -0.3 is 4.90 Å². The highest BCUT2D eigenvalue weighted by Gasteiger charge is 2.28. The first-order valence-electron chi connectivity index (χ1n) is 6.87. The second kappa shape index (κ2) is 5.80. The summed E-state index contributed by atoms with van der Waals surface area (Å²) < 4.78 is 0. The predicted molar refractivity (Wildman–Crippen MR) is 86.2 cm³/mol. The Hall–Kier alpha value is -1.61. The van der Waals surface area contributed by atoms with E-state index < -0.39 is 0 Å². The SMILES string of the molecule is O=C1C(Br)CCCN1c1ccccc1-c1ccccc1. The summed E-state index contributed by atoms with van der Waals surface area (Å²) in [6.07, 6.45) is 1.95. The third kappa shape index (κ3) is 2.50. The number of halogens is 1. The van der Waals surface area contributed by atoms with Crippen LogP contribution in [0.2, 0.25) is 0 Å². The Morgan fingerprint density at radius 2 is 1.70 bits per heavy atom. The number of hydrogen-bond acceptors (Lipinski definition) is 1. The maximum Gasteiger partial charge on any atom is 0.240 e. The van der Waals surface area contributed by atoms with Crippen LogP contribution in [0.3, 0.4) is 0 Å². The molecule has 0 bridgehead atoms. The third-order valence-electron chi connectivity index (χ3n) is 3.65. The minimum atomic E-state index is -0.0555. The molecule has 0 radical (unpaired) electrons. The van der Waals surface area contributed by atoms with Gasteiger partial charge in [-0.2, -0.15) is 0 Å². The van der Waals surface area contributed by atoms with Crippen molar-refractivity contribution in [2.75, 3.05) is 11.4 Å². The van der Waals surface area contributed by atoms with Gasteiger partial charge in [0.2, 0.25) is 5.91 Å². The Kier molecular flexibility index (Phi) is 3.88. The first kappa shape index (κ1) is 13.4. The highest BCUT2D eigenvalue weighted by Crippen LogP contribution is 2.33. The van der Waals surface area contributed by atoms with Gasteiger partial charge in [0, 0.05) is 12.1 Å². The molecule has 0 aliphatic carbocycles. The van der Waals surface area contributed by atoms with Gasteiger partial charge in [-0.1, -0.05) is 64.5 Å². The maximum absolute atomic E-state index is 12.4. The molecule has 20 heavy (non-hydrogen) atoms. The minimum Gasteiger partial charge on any atom is -0.311 e. The monoisotopic (exact) mass is 329 g/mol. The van der Waals surface area contributed by atoms with E-state index in [-0.39, 0.29) is 10.7 Å². The molecule has 2 nitrogen and oxygen atoms in total. The summed E-state index contributed by atoms with van der Waals surface area (Å²) in [5.74, 6) is 0.166. The molecule has 102 valence electrons. The summed E-state index contributed by atoms with van der Waals surface area (Å²) >= 11 is 3.48. The molecular weight excluding hydrogens is 314 g/mol. The summed E-state index contributed by atoms with van der Waals surface area (Å²) in [5, 5.41) is 0. The van der Waals surface area contributed by atoms with Crippen LogP contribution in [0.1, 0.15) is 12.8 Å². The van der Waals surface area contributed by atoms with Crippen molar-refractivity contribution in [1.82, 2.24) is 0 Å². The van der Waals surface area contributed by atoms with E-state index in [9.17, 15) is 4.79 Å². The number of rotatable bonds is 2. The summed E-state index contributed by atoms with van der Waals surface area (Å²) in [6.45, 7) is 0.796. The quantitative estimate of drug-likeness (QED) is 0.754. The molecule has 0 N–H and O–H groups in total. The molecule has 0 aromatic heterocycles. The number of carbonyl (C=O) groups is 1. The zero-order chi connectivity index (χ0) is 13.9. The van der Waals surface area contributed by atoms with Crippen LogP contribution in [-0.2, 0) is 4.79 Å². The molecule has 1 aliphatic rings. The van der Waals surface area contributed by atoms with Crippen LogP contribution in [0.4, 0.5) is 5.69 Å². The predicted octanol–water partition coefficient (Wildman–Crippen LogP) is 4.24. The lowest BCUT2D eigenvalue weighted by Crippen LogP contribution is -2.42. The summed E-state index contributed by atoms with van der Waals surface area (Å²) in [4.78, 5) is 14.2. The minimum absolute atomic E-state index is 0.0555. The van der Waals surface area contributed by atoms with Crippen LogP contribution < -0.4 is 4.90 Å². The van der Waals surface area contributed by atoms with Crippen LogP contribution in [0.5, 0.6) is 0 Å². The van der Waals surface area contributed by atoms with Crippen molar-refractivity contribution in [2.24, 2.45) is 0 Å². The van der Waals surface area contributed by atoms with Gasteiger partial charge >= 0.3 is 0 Å². The zero-order valence-corrected chi connectivity index (χ0v) is 12.7.